The maximum atomic E-state index is 5.86. The summed E-state index contributed by atoms with van der Waals surface area (Å²) < 4.78 is 5.86. The lowest BCUT2D eigenvalue weighted by atomic mass is 10.1. The SMILES string of the molecule is CC(Oc1ccc(CNC2CC2)cn1)c1ccccc1. The van der Waals surface area contributed by atoms with Gasteiger partial charge in [-0.25, -0.2) is 4.98 Å². The summed E-state index contributed by atoms with van der Waals surface area (Å²) in [5.74, 6) is 0.677. The molecule has 3 nitrogen and oxygen atoms in total. The van der Waals surface area contributed by atoms with E-state index in [4.69, 9.17) is 4.74 Å². The summed E-state index contributed by atoms with van der Waals surface area (Å²) in [5, 5.41) is 3.48. The second-order valence-corrected chi connectivity index (χ2v) is 5.33. The first kappa shape index (κ1) is 13.1. The molecule has 0 saturated heterocycles. The second kappa shape index (κ2) is 6.06. The van der Waals surface area contributed by atoms with Crippen LogP contribution in [0, 0.1) is 0 Å². The molecule has 1 aliphatic rings. The van der Waals surface area contributed by atoms with Crippen LogP contribution >= 0.6 is 0 Å². The van der Waals surface area contributed by atoms with E-state index in [-0.39, 0.29) is 6.10 Å². The Morgan fingerprint density at radius 2 is 2.00 bits per heavy atom. The van der Waals surface area contributed by atoms with Crippen LogP contribution in [0.3, 0.4) is 0 Å². The Balaban J connectivity index is 1.56. The van der Waals surface area contributed by atoms with Gasteiger partial charge in [0, 0.05) is 24.8 Å². The minimum atomic E-state index is 0.0131. The van der Waals surface area contributed by atoms with Gasteiger partial charge in [-0.2, -0.15) is 0 Å². The number of aromatic nitrogens is 1. The van der Waals surface area contributed by atoms with Crippen molar-refractivity contribution in [3.8, 4) is 5.88 Å². The zero-order valence-corrected chi connectivity index (χ0v) is 11.8. The first-order valence-electron chi connectivity index (χ1n) is 7.21. The molecule has 1 saturated carbocycles. The molecule has 104 valence electrons. The highest BCUT2D eigenvalue weighted by molar-refractivity contribution is 5.21. The summed E-state index contributed by atoms with van der Waals surface area (Å²) in [5.41, 5.74) is 2.37. The summed E-state index contributed by atoms with van der Waals surface area (Å²) >= 11 is 0. The lowest BCUT2D eigenvalue weighted by Crippen LogP contribution is -2.15. The Morgan fingerprint density at radius 3 is 2.65 bits per heavy atom. The molecule has 0 amide bonds. The van der Waals surface area contributed by atoms with Crippen LogP contribution in [0.1, 0.15) is 37.0 Å². The summed E-state index contributed by atoms with van der Waals surface area (Å²) in [6, 6.07) is 14.9. The number of hydrogen-bond acceptors (Lipinski definition) is 3. The van der Waals surface area contributed by atoms with Crippen LogP contribution in [0.4, 0.5) is 0 Å². The van der Waals surface area contributed by atoms with Gasteiger partial charge >= 0.3 is 0 Å². The topological polar surface area (TPSA) is 34.1 Å². The number of pyridine rings is 1. The van der Waals surface area contributed by atoms with Crippen LogP contribution in [-0.4, -0.2) is 11.0 Å². The zero-order chi connectivity index (χ0) is 13.8. The Morgan fingerprint density at radius 1 is 1.20 bits per heavy atom. The van der Waals surface area contributed by atoms with E-state index in [1.165, 1.54) is 18.4 Å². The second-order valence-electron chi connectivity index (χ2n) is 5.33. The van der Waals surface area contributed by atoms with Crippen molar-refractivity contribution in [2.45, 2.75) is 38.5 Å². The molecule has 1 aromatic heterocycles. The molecule has 3 rings (SSSR count). The van der Waals surface area contributed by atoms with Crippen LogP contribution in [-0.2, 0) is 6.54 Å². The number of rotatable bonds is 6. The van der Waals surface area contributed by atoms with Gasteiger partial charge in [-0.15, -0.1) is 0 Å². The zero-order valence-electron chi connectivity index (χ0n) is 11.8. The monoisotopic (exact) mass is 268 g/mol. The van der Waals surface area contributed by atoms with E-state index >= 15 is 0 Å². The van der Waals surface area contributed by atoms with Crippen molar-refractivity contribution in [3.05, 3.63) is 59.8 Å². The molecule has 0 bridgehead atoms. The molecule has 1 atom stereocenters. The minimum absolute atomic E-state index is 0.0131. The van der Waals surface area contributed by atoms with E-state index in [1.54, 1.807) is 0 Å². The molecular formula is C17H20N2O. The third kappa shape index (κ3) is 3.58. The smallest absolute Gasteiger partial charge is 0.213 e. The van der Waals surface area contributed by atoms with Crippen molar-refractivity contribution in [1.29, 1.82) is 0 Å². The lowest BCUT2D eigenvalue weighted by Gasteiger charge is -2.14. The van der Waals surface area contributed by atoms with Crippen LogP contribution in [0.5, 0.6) is 5.88 Å². The molecule has 1 aromatic carbocycles. The third-order valence-corrected chi connectivity index (χ3v) is 3.54. The fourth-order valence-corrected chi connectivity index (χ4v) is 2.11. The third-order valence-electron chi connectivity index (χ3n) is 3.54. The van der Waals surface area contributed by atoms with Crippen LogP contribution in [0.15, 0.2) is 48.7 Å². The van der Waals surface area contributed by atoms with Crippen molar-refractivity contribution in [2.24, 2.45) is 0 Å². The van der Waals surface area contributed by atoms with Gasteiger partial charge in [0.15, 0.2) is 0 Å². The molecule has 1 heterocycles. The first-order valence-corrected chi connectivity index (χ1v) is 7.21. The van der Waals surface area contributed by atoms with E-state index in [1.807, 2.05) is 37.4 Å². The van der Waals surface area contributed by atoms with Gasteiger partial charge in [0.25, 0.3) is 0 Å². The van der Waals surface area contributed by atoms with Crippen molar-refractivity contribution in [3.63, 3.8) is 0 Å². The Bertz CT molecular complexity index is 535. The molecule has 0 aliphatic heterocycles. The summed E-state index contributed by atoms with van der Waals surface area (Å²) in [7, 11) is 0. The number of benzene rings is 1. The molecule has 2 aromatic rings. The summed E-state index contributed by atoms with van der Waals surface area (Å²) in [6.45, 7) is 2.94. The van der Waals surface area contributed by atoms with Crippen LogP contribution in [0.2, 0.25) is 0 Å². The number of nitrogens with one attached hydrogen (secondary N) is 1. The molecule has 0 spiro atoms. The fraction of sp³-hybridized carbons (Fsp3) is 0.353. The maximum absolute atomic E-state index is 5.86. The van der Waals surface area contributed by atoms with Crippen molar-refractivity contribution in [2.75, 3.05) is 0 Å². The molecule has 1 aliphatic carbocycles. The predicted octanol–water partition coefficient (Wildman–Crippen LogP) is 3.47. The van der Waals surface area contributed by atoms with E-state index < -0.39 is 0 Å². The normalized spacial score (nSPS) is 15.8. The van der Waals surface area contributed by atoms with E-state index in [9.17, 15) is 0 Å². The lowest BCUT2D eigenvalue weighted by molar-refractivity contribution is 0.217. The number of nitrogens with zero attached hydrogens (tertiary/aromatic N) is 1. The van der Waals surface area contributed by atoms with Crippen molar-refractivity contribution < 1.29 is 4.74 Å². The average Bonchev–Trinajstić information content (AvgIpc) is 3.32. The van der Waals surface area contributed by atoms with Gasteiger partial charge in [-0.3, -0.25) is 0 Å². The molecule has 1 unspecified atom stereocenters. The van der Waals surface area contributed by atoms with E-state index in [2.05, 4.69) is 28.5 Å². The molecular weight excluding hydrogens is 248 g/mol. The van der Waals surface area contributed by atoms with Gasteiger partial charge in [0.2, 0.25) is 5.88 Å². The number of hydrogen-bond donors (Lipinski definition) is 1. The highest BCUT2D eigenvalue weighted by atomic mass is 16.5. The van der Waals surface area contributed by atoms with Gasteiger partial charge in [0.05, 0.1) is 0 Å². The van der Waals surface area contributed by atoms with Gasteiger partial charge in [0.1, 0.15) is 6.10 Å². The first-order chi connectivity index (χ1) is 9.81. The van der Waals surface area contributed by atoms with Gasteiger partial charge in [-0.05, 0) is 30.9 Å². The Hall–Kier alpha value is -1.87. The summed E-state index contributed by atoms with van der Waals surface area (Å²) in [4.78, 5) is 4.38. The van der Waals surface area contributed by atoms with Crippen molar-refractivity contribution >= 4 is 0 Å². The van der Waals surface area contributed by atoms with Crippen LogP contribution in [0.25, 0.3) is 0 Å². The van der Waals surface area contributed by atoms with E-state index in [0.29, 0.717) is 5.88 Å². The predicted molar refractivity (Wildman–Crippen MR) is 79.6 cm³/mol. The highest BCUT2D eigenvalue weighted by Crippen LogP contribution is 2.21. The van der Waals surface area contributed by atoms with Gasteiger partial charge < -0.3 is 10.1 Å². The highest BCUT2D eigenvalue weighted by Gasteiger charge is 2.19. The molecule has 1 N–H and O–H groups in total. The molecule has 20 heavy (non-hydrogen) atoms. The fourth-order valence-electron chi connectivity index (χ4n) is 2.11. The van der Waals surface area contributed by atoms with Crippen LogP contribution < -0.4 is 10.1 Å². The Labute approximate surface area is 120 Å². The minimum Gasteiger partial charge on any atom is -0.470 e. The standard InChI is InChI=1S/C17H20N2O/c1-13(15-5-3-2-4-6-15)20-17-10-7-14(12-19-17)11-18-16-8-9-16/h2-7,10,12-13,16,18H,8-9,11H2,1H3. The van der Waals surface area contributed by atoms with E-state index in [0.717, 1.165) is 18.2 Å². The summed E-state index contributed by atoms with van der Waals surface area (Å²) in [6.07, 6.45) is 4.52. The average molecular weight is 268 g/mol. The molecule has 1 fully saturated rings. The molecule has 0 radical (unpaired) electrons. The Kier molecular flexibility index (Phi) is 3.97. The number of ether oxygens (including phenoxy) is 1. The largest absolute Gasteiger partial charge is 0.470 e. The maximum Gasteiger partial charge on any atom is 0.213 e. The van der Waals surface area contributed by atoms with Gasteiger partial charge in [-0.1, -0.05) is 36.4 Å². The quantitative estimate of drug-likeness (QED) is 0.871. The van der Waals surface area contributed by atoms with Crippen molar-refractivity contribution in [1.82, 2.24) is 10.3 Å². The molecule has 3 heteroatoms.